The predicted octanol–water partition coefficient (Wildman–Crippen LogP) is -2.77. The Morgan fingerprint density at radius 3 is 1.75 bits per heavy atom. The van der Waals surface area contributed by atoms with Crippen LogP contribution in [-0.2, 0) is 18.8 Å². The Morgan fingerprint density at radius 2 is 1.58 bits per heavy atom. The molecule has 1 rings (SSSR count). The molecule has 0 aliphatic rings. The summed E-state index contributed by atoms with van der Waals surface area (Å²) in [6.45, 7) is 0. The first kappa shape index (κ1) is 15.7. The fraction of sp³-hybridized carbons (Fsp3) is 0.500. The molecule has 1 aromatic rings. The second-order valence-electron chi connectivity index (χ2n) is 5.08. The summed E-state index contributed by atoms with van der Waals surface area (Å²) in [6.07, 6.45) is 0. The van der Waals surface area contributed by atoms with Gasteiger partial charge in [0.1, 0.15) is 0 Å². The van der Waals surface area contributed by atoms with Crippen molar-refractivity contribution in [2.75, 3.05) is 0 Å². The quantitative estimate of drug-likeness (QED) is 0.527. The second-order valence-corrected chi connectivity index (χ2v) is 28.5. The van der Waals surface area contributed by atoms with Crippen molar-refractivity contribution in [2.24, 2.45) is 0 Å². The van der Waals surface area contributed by atoms with Crippen molar-refractivity contribution in [1.29, 1.82) is 0 Å². The van der Waals surface area contributed by atoms with E-state index in [-0.39, 0.29) is 24.8 Å². The van der Waals surface area contributed by atoms with Crippen molar-refractivity contribution in [3.05, 3.63) is 17.9 Å². The van der Waals surface area contributed by atoms with Crippen LogP contribution < -0.4 is 27.8 Å². The topological polar surface area (TPSA) is 0 Å². The molecule has 4 heteroatoms. The van der Waals surface area contributed by atoms with Gasteiger partial charge in [-0.25, -0.2) is 0 Å². The van der Waals surface area contributed by atoms with E-state index >= 15 is 0 Å². The van der Waals surface area contributed by atoms with Gasteiger partial charge < -0.3 is 24.8 Å². The van der Waals surface area contributed by atoms with Gasteiger partial charge in [-0.2, -0.15) is 0 Å². The molecule has 0 saturated heterocycles. The fourth-order valence-electron chi connectivity index (χ4n) is 0.952. The Hall–Kier alpha value is 1.24. The first-order chi connectivity index (χ1) is 4.36. The molecule has 0 saturated carbocycles. The number of hydrogen-bond acceptors (Lipinski definition) is 0. The van der Waals surface area contributed by atoms with E-state index in [1.807, 2.05) is 0 Å². The average Bonchev–Trinajstić information content (AvgIpc) is 2.04. The summed E-state index contributed by atoms with van der Waals surface area (Å²) in [5.74, 6) is 2.29. The largest absolute Gasteiger partial charge is 1.00 e. The summed E-state index contributed by atoms with van der Waals surface area (Å²) >= 11 is -2.19. The Bertz CT molecular complexity index is 214. The first-order valence-corrected chi connectivity index (χ1v) is 15.9. The fourth-order valence-corrected chi connectivity index (χ4v) is 8.84. The molecule has 12 heavy (non-hydrogen) atoms. The Labute approximate surface area is 90.6 Å². The van der Waals surface area contributed by atoms with Crippen LogP contribution in [0, 0.1) is 0 Å². The predicted molar refractivity (Wildman–Crippen MR) is 49.0 cm³/mol. The van der Waals surface area contributed by atoms with Crippen LogP contribution in [-0.4, -0.2) is 0 Å². The minimum atomic E-state index is -2.19. The van der Waals surface area contributed by atoms with Gasteiger partial charge in [-0.1, -0.05) is 0 Å². The third-order valence-corrected chi connectivity index (χ3v) is 15.2. The maximum Gasteiger partial charge on any atom is -1.00 e. The van der Waals surface area contributed by atoms with Crippen molar-refractivity contribution >= 4 is 11.2 Å². The molecule has 0 amide bonds. The molecule has 71 valence electrons. The standard InChI is InChI=1S/C4H4P.4CH3.2ClH.Zr/c1-2-4-5-3-1;;;;;;;/h1-3,5H;4*1H3;2*1H;/q;;;;;;;+2/p-2. The smallest absolute Gasteiger partial charge is 1.00 e. The Kier molecular flexibility index (Phi) is 6.09. The van der Waals surface area contributed by atoms with Crippen LogP contribution in [0.5, 0.6) is 0 Å². The Morgan fingerprint density at radius 1 is 1.08 bits per heavy atom. The van der Waals surface area contributed by atoms with E-state index in [1.54, 1.807) is 3.00 Å². The van der Waals surface area contributed by atoms with Gasteiger partial charge in [0.2, 0.25) is 0 Å². The minimum absolute atomic E-state index is 0. The van der Waals surface area contributed by atoms with Crippen LogP contribution in [0.1, 0.15) is 0 Å². The van der Waals surface area contributed by atoms with Gasteiger partial charge in [-0.3, -0.25) is 0 Å². The van der Waals surface area contributed by atoms with E-state index in [9.17, 15) is 0 Å². The van der Waals surface area contributed by atoms with Gasteiger partial charge in [0, 0.05) is 0 Å². The molecule has 0 fully saturated rings. The zero-order valence-electron chi connectivity index (χ0n) is 7.99. The van der Waals surface area contributed by atoms with Crippen LogP contribution in [0.3, 0.4) is 0 Å². The molecule has 1 unspecified atom stereocenters. The van der Waals surface area contributed by atoms with Gasteiger partial charge in [-0.05, 0) is 0 Å². The van der Waals surface area contributed by atoms with Crippen LogP contribution in [0.4, 0.5) is 0 Å². The van der Waals surface area contributed by atoms with Gasteiger partial charge >= 0.3 is 66.4 Å². The number of halogens is 2. The number of hydrogen-bond donors (Lipinski definition) is 0. The van der Waals surface area contributed by atoms with E-state index < -0.39 is 18.8 Å². The summed E-state index contributed by atoms with van der Waals surface area (Å²) in [6, 6.07) is 4.55. The molecule has 0 aliphatic carbocycles. The van der Waals surface area contributed by atoms with Crippen molar-refractivity contribution in [3.63, 3.8) is 0 Å². The van der Waals surface area contributed by atoms with Crippen LogP contribution in [0.15, 0.2) is 17.9 Å². The van der Waals surface area contributed by atoms with E-state index in [1.165, 1.54) is 0 Å². The third kappa shape index (κ3) is 4.47. The monoisotopic (exact) mass is 303 g/mol. The van der Waals surface area contributed by atoms with Crippen LogP contribution >= 0.6 is 8.19 Å². The molecule has 0 bridgehead atoms. The molecule has 0 aliphatic heterocycles. The zero-order chi connectivity index (χ0) is 7.85. The van der Waals surface area contributed by atoms with E-state index in [2.05, 4.69) is 36.5 Å². The maximum atomic E-state index is 2.49. The second kappa shape index (κ2) is 4.65. The molecule has 1 atom stereocenters. The van der Waals surface area contributed by atoms with Crippen molar-refractivity contribution in [1.82, 2.24) is 0 Å². The molecule has 1 heterocycles. The molecule has 0 N–H and O–H groups in total. The summed E-state index contributed by atoms with van der Waals surface area (Å²) in [5.41, 5.74) is 0. The van der Waals surface area contributed by atoms with Crippen molar-refractivity contribution in [2.45, 2.75) is 18.5 Å². The molecular formula is C8H16Cl2PZr. The van der Waals surface area contributed by atoms with Crippen LogP contribution in [0.25, 0.3) is 0 Å². The van der Waals surface area contributed by atoms with Gasteiger partial charge in [0.15, 0.2) is 0 Å². The van der Waals surface area contributed by atoms with E-state index in [0.29, 0.717) is 0 Å². The van der Waals surface area contributed by atoms with Gasteiger partial charge in [0.05, 0.1) is 0 Å². The van der Waals surface area contributed by atoms with Gasteiger partial charge in [-0.15, -0.1) is 0 Å². The van der Waals surface area contributed by atoms with E-state index in [4.69, 9.17) is 0 Å². The van der Waals surface area contributed by atoms with Gasteiger partial charge in [0.25, 0.3) is 0 Å². The summed E-state index contributed by atoms with van der Waals surface area (Å²) < 4.78 is 11.7. The normalized spacial score (nSPS) is 12.1. The summed E-state index contributed by atoms with van der Waals surface area (Å²) in [4.78, 5) is 0. The average molecular weight is 305 g/mol. The Balaban J connectivity index is 0. The first-order valence-electron chi connectivity index (χ1n) is 3.74. The summed E-state index contributed by atoms with van der Waals surface area (Å²) in [5, 5.41) is 0. The minimum Gasteiger partial charge on any atom is -1.00 e. The van der Waals surface area contributed by atoms with Crippen molar-refractivity contribution in [3.8, 4) is 0 Å². The SMILES string of the molecule is [CH3][Zr+2]([CH3])([CH3])([CH3])[c]1ccc[pH]1.[Cl-].[Cl-]. The molecular weight excluding hydrogens is 289 g/mol. The molecule has 0 aromatic carbocycles. The maximum absolute atomic E-state index is 2.49. The molecule has 1 aromatic heterocycles. The van der Waals surface area contributed by atoms with Crippen molar-refractivity contribution < 1.29 is 43.6 Å². The third-order valence-electron chi connectivity index (χ3n) is 1.68. The van der Waals surface area contributed by atoms with E-state index in [0.717, 1.165) is 8.19 Å². The molecule has 0 spiro atoms. The number of rotatable bonds is 1. The molecule has 0 nitrogen and oxygen atoms in total. The zero-order valence-corrected chi connectivity index (χ0v) is 13.0. The summed E-state index contributed by atoms with van der Waals surface area (Å²) in [7, 11) is 0.996. The van der Waals surface area contributed by atoms with Crippen LogP contribution in [0.2, 0.25) is 18.5 Å². The molecule has 0 radical (unpaired) electrons.